The molecular weight excluding hydrogens is 393 g/mol. The first-order valence-electron chi connectivity index (χ1n) is 8.45. The van der Waals surface area contributed by atoms with Crippen LogP contribution in [0.1, 0.15) is 23.1 Å². The minimum Gasteiger partial charge on any atom is -0.463 e. The number of rotatable bonds is 0. The van der Waals surface area contributed by atoms with Crippen LogP contribution in [-0.4, -0.2) is 21.6 Å². The van der Waals surface area contributed by atoms with Crippen molar-refractivity contribution in [2.45, 2.75) is 19.0 Å². The minimum absolute atomic E-state index is 0.0236. The van der Waals surface area contributed by atoms with E-state index in [9.17, 15) is 13.2 Å². The van der Waals surface area contributed by atoms with Crippen LogP contribution in [0.15, 0.2) is 37.0 Å². The van der Waals surface area contributed by atoms with Gasteiger partial charge in [0.25, 0.3) is 0 Å². The molecular formula is C19H14ClF3N4O. The van der Waals surface area contributed by atoms with Crippen molar-refractivity contribution in [2.75, 3.05) is 11.9 Å². The van der Waals surface area contributed by atoms with Crippen LogP contribution in [0.3, 0.4) is 0 Å². The number of benzene rings is 1. The molecule has 0 saturated carbocycles. The van der Waals surface area contributed by atoms with Crippen LogP contribution in [0.2, 0.25) is 5.15 Å². The number of hydrogen-bond acceptors (Lipinski definition) is 5. The fourth-order valence-electron chi connectivity index (χ4n) is 3.16. The monoisotopic (exact) mass is 406 g/mol. The van der Waals surface area contributed by atoms with Crippen LogP contribution >= 0.6 is 11.6 Å². The molecule has 0 radical (unpaired) electrons. The van der Waals surface area contributed by atoms with Crippen molar-refractivity contribution in [3.8, 4) is 6.01 Å². The standard InChI is InChI=1S/C19H14ClF3N4O/c1-10-12-7-3-2-5-11(12)6-4-8-28-18-26-13-9-24-16(20)15(19(21,22)23)14(13)17(25-10)27-18/h2-3,5,7,9H,1,4,6,8H2,(H,25,26,27). The van der Waals surface area contributed by atoms with Crippen molar-refractivity contribution >= 4 is 34.0 Å². The number of alkyl halides is 3. The maximum atomic E-state index is 13.7. The van der Waals surface area contributed by atoms with Crippen LogP contribution < -0.4 is 10.1 Å². The van der Waals surface area contributed by atoms with Crippen molar-refractivity contribution in [3.05, 3.63) is 58.9 Å². The average molecular weight is 407 g/mol. The van der Waals surface area contributed by atoms with Gasteiger partial charge in [0.15, 0.2) is 0 Å². The van der Waals surface area contributed by atoms with Gasteiger partial charge in [0.2, 0.25) is 0 Å². The van der Waals surface area contributed by atoms with Gasteiger partial charge in [-0.2, -0.15) is 23.1 Å². The molecule has 0 aliphatic carbocycles. The quantitative estimate of drug-likeness (QED) is 0.526. The summed E-state index contributed by atoms with van der Waals surface area (Å²) in [5.74, 6) is -0.0849. The van der Waals surface area contributed by atoms with E-state index in [4.69, 9.17) is 16.3 Å². The van der Waals surface area contributed by atoms with Crippen molar-refractivity contribution in [1.82, 2.24) is 15.0 Å². The molecule has 1 aliphatic heterocycles. The molecule has 0 saturated heterocycles. The van der Waals surface area contributed by atoms with Crippen LogP contribution in [0.25, 0.3) is 16.6 Å². The zero-order valence-corrected chi connectivity index (χ0v) is 15.2. The Bertz CT molecular complexity index is 1080. The van der Waals surface area contributed by atoms with Gasteiger partial charge < -0.3 is 10.1 Å². The molecule has 4 rings (SSSR count). The molecule has 3 heterocycles. The molecule has 3 aromatic rings. The van der Waals surface area contributed by atoms with E-state index in [-0.39, 0.29) is 22.7 Å². The molecule has 2 aromatic heterocycles. The van der Waals surface area contributed by atoms with Gasteiger partial charge in [-0.1, -0.05) is 42.4 Å². The van der Waals surface area contributed by atoms with E-state index in [1.165, 1.54) is 6.20 Å². The number of nitrogens with zero attached hydrogens (tertiary/aromatic N) is 3. The molecule has 0 atom stereocenters. The van der Waals surface area contributed by atoms with E-state index in [1.807, 2.05) is 24.3 Å². The Morgan fingerprint density at radius 1 is 1.18 bits per heavy atom. The Morgan fingerprint density at radius 2 is 1.96 bits per heavy atom. The summed E-state index contributed by atoms with van der Waals surface area (Å²) in [6, 6.07) is 7.50. The highest BCUT2D eigenvalue weighted by Crippen LogP contribution is 2.41. The van der Waals surface area contributed by atoms with Gasteiger partial charge in [0, 0.05) is 11.3 Å². The van der Waals surface area contributed by atoms with E-state index in [2.05, 4.69) is 26.8 Å². The minimum atomic E-state index is -4.74. The van der Waals surface area contributed by atoms with Crippen molar-refractivity contribution < 1.29 is 17.9 Å². The summed E-state index contributed by atoms with van der Waals surface area (Å²) in [6.07, 6.45) is -2.16. The summed E-state index contributed by atoms with van der Waals surface area (Å²) in [7, 11) is 0. The number of hydrogen-bond donors (Lipinski definition) is 1. The number of fused-ring (bicyclic) bond motifs is 5. The molecule has 1 aliphatic rings. The SMILES string of the molecule is C=C1Nc2nc(nc3cnc(Cl)c(C(F)(F)F)c23)OCCCc2ccccc21. The van der Waals surface area contributed by atoms with Crippen LogP contribution in [0, 0.1) is 0 Å². The highest BCUT2D eigenvalue weighted by molar-refractivity contribution is 6.31. The van der Waals surface area contributed by atoms with Gasteiger partial charge in [0.05, 0.1) is 23.7 Å². The number of nitrogens with one attached hydrogen (secondary N) is 1. The van der Waals surface area contributed by atoms with Crippen molar-refractivity contribution in [2.24, 2.45) is 0 Å². The molecule has 0 fully saturated rings. The zero-order valence-electron chi connectivity index (χ0n) is 14.5. The van der Waals surface area contributed by atoms with E-state index in [1.54, 1.807) is 0 Å². The van der Waals surface area contributed by atoms with Gasteiger partial charge >= 0.3 is 12.2 Å². The predicted molar refractivity (Wildman–Crippen MR) is 100 cm³/mol. The lowest BCUT2D eigenvalue weighted by Crippen LogP contribution is -2.12. The molecule has 0 amide bonds. The lowest BCUT2D eigenvalue weighted by molar-refractivity contribution is -0.136. The average Bonchev–Trinajstić information content (AvgIpc) is 2.66. The zero-order chi connectivity index (χ0) is 19.9. The summed E-state index contributed by atoms with van der Waals surface area (Å²) in [4.78, 5) is 11.9. The number of aryl methyl sites for hydroxylation is 1. The van der Waals surface area contributed by atoms with Gasteiger partial charge in [-0.3, -0.25) is 0 Å². The Labute approximate surface area is 163 Å². The highest BCUT2D eigenvalue weighted by atomic mass is 35.5. The normalized spacial score (nSPS) is 14.6. The van der Waals surface area contributed by atoms with Crippen LogP contribution in [0.5, 0.6) is 6.01 Å². The smallest absolute Gasteiger partial charge is 0.420 e. The molecule has 0 unspecified atom stereocenters. The lowest BCUT2D eigenvalue weighted by atomic mass is 10.0. The Kier molecular flexibility index (Phi) is 4.58. The van der Waals surface area contributed by atoms with E-state index in [0.29, 0.717) is 25.1 Å². The first kappa shape index (κ1) is 18.5. The molecule has 2 bridgehead atoms. The topological polar surface area (TPSA) is 59.9 Å². The second kappa shape index (κ2) is 6.94. The highest BCUT2D eigenvalue weighted by Gasteiger charge is 2.38. The second-order valence-electron chi connectivity index (χ2n) is 6.25. The van der Waals surface area contributed by atoms with Crippen LogP contribution in [-0.2, 0) is 12.6 Å². The third-order valence-corrected chi connectivity index (χ3v) is 4.68. The summed E-state index contributed by atoms with van der Waals surface area (Å²) in [6.45, 7) is 4.31. The van der Waals surface area contributed by atoms with Gasteiger partial charge in [-0.05, 0) is 18.4 Å². The number of anilines is 1. The second-order valence-corrected chi connectivity index (χ2v) is 6.61. The molecule has 9 heteroatoms. The van der Waals surface area contributed by atoms with E-state index < -0.39 is 16.9 Å². The molecule has 0 spiro atoms. The first-order chi connectivity index (χ1) is 13.3. The number of halogens is 4. The largest absolute Gasteiger partial charge is 0.463 e. The molecule has 5 nitrogen and oxygen atoms in total. The molecule has 1 N–H and O–H groups in total. The first-order valence-corrected chi connectivity index (χ1v) is 8.83. The third-order valence-electron chi connectivity index (χ3n) is 4.39. The molecule has 28 heavy (non-hydrogen) atoms. The molecule has 144 valence electrons. The maximum Gasteiger partial charge on any atom is 0.420 e. The summed E-state index contributed by atoms with van der Waals surface area (Å²) in [5, 5.41) is 1.96. The number of pyridine rings is 1. The Morgan fingerprint density at radius 3 is 2.75 bits per heavy atom. The number of ether oxygens (including phenoxy) is 1. The van der Waals surface area contributed by atoms with E-state index in [0.717, 1.165) is 11.1 Å². The lowest BCUT2D eigenvalue weighted by Gasteiger charge is -2.17. The Hall–Kier alpha value is -2.87. The van der Waals surface area contributed by atoms with Crippen LogP contribution in [0.4, 0.5) is 19.0 Å². The van der Waals surface area contributed by atoms with Crippen molar-refractivity contribution in [1.29, 1.82) is 0 Å². The summed E-state index contributed by atoms with van der Waals surface area (Å²) >= 11 is 5.78. The fraction of sp³-hybridized carbons (Fsp3) is 0.211. The summed E-state index contributed by atoms with van der Waals surface area (Å²) < 4.78 is 46.6. The van der Waals surface area contributed by atoms with Gasteiger partial charge in [-0.25, -0.2) is 4.98 Å². The van der Waals surface area contributed by atoms with Crippen molar-refractivity contribution in [3.63, 3.8) is 0 Å². The molecule has 1 aromatic carbocycles. The Balaban J connectivity index is 1.96. The fourth-order valence-corrected chi connectivity index (χ4v) is 3.42. The van der Waals surface area contributed by atoms with Gasteiger partial charge in [-0.15, -0.1) is 0 Å². The predicted octanol–water partition coefficient (Wildman–Crippen LogP) is 5.10. The van der Waals surface area contributed by atoms with E-state index >= 15 is 0 Å². The summed E-state index contributed by atoms with van der Waals surface area (Å²) in [5.41, 5.74) is 1.10. The number of aromatic nitrogens is 3. The van der Waals surface area contributed by atoms with Gasteiger partial charge in [0.1, 0.15) is 16.5 Å². The maximum absolute atomic E-state index is 13.7. The third kappa shape index (κ3) is 3.35.